The molecule has 0 aliphatic carbocycles. The highest BCUT2D eigenvalue weighted by atomic mass is 35.6. The van der Waals surface area contributed by atoms with Gasteiger partial charge in [0.15, 0.2) is 0 Å². The molecule has 0 aromatic heterocycles. The highest BCUT2D eigenvalue weighted by Gasteiger charge is 1.94. The van der Waals surface area contributed by atoms with Crippen molar-refractivity contribution >= 4 is 30.8 Å². The van der Waals surface area contributed by atoms with Gasteiger partial charge in [0.2, 0.25) is 0 Å². The first-order chi connectivity index (χ1) is 3.27. The first kappa shape index (κ1) is 7.80. The molecule has 3 heteroatoms. The van der Waals surface area contributed by atoms with Crippen LogP contribution in [0.1, 0.15) is 6.42 Å². The lowest BCUT2D eigenvalue weighted by Crippen LogP contribution is -1.94. The van der Waals surface area contributed by atoms with Crippen LogP contribution in [0.15, 0.2) is 0 Å². The van der Waals surface area contributed by atoms with Crippen LogP contribution in [0.25, 0.3) is 0 Å². The number of hydrogen-bond acceptors (Lipinski definition) is 0. The summed E-state index contributed by atoms with van der Waals surface area (Å²) in [5.41, 5.74) is 0. The smallest absolute Gasteiger partial charge is 0.138 e. The average Bonchev–Trinajstić information content (AvgIpc) is 1.61. The summed E-state index contributed by atoms with van der Waals surface area (Å²) in [6.07, 6.45) is 1.10. The van der Waals surface area contributed by atoms with Gasteiger partial charge >= 0.3 is 0 Å². The van der Waals surface area contributed by atoms with Gasteiger partial charge in [-0.15, -0.1) is 11.6 Å². The lowest BCUT2D eigenvalue weighted by molar-refractivity contribution is 1.08. The van der Waals surface area contributed by atoms with E-state index in [2.05, 4.69) is 6.55 Å². The number of alkyl halides is 1. The molecule has 0 aromatic rings. The molecule has 0 saturated heterocycles. The van der Waals surface area contributed by atoms with Crippen LogP contribution in [0.2, 0.25) is 12.6 Å². The highest BCUT2D eigenvalue weighted by molar-refractivity contribution is 7.06. The molecule has 0 bridgehead atoms. The molecule has 1 atom stereocenters. The molecule has 44 valence electrons. The SMILES string of the molecule is C[SiH](Cl)CCCCl. The monoisotopic (exact) mass is 156 g/mol. The molecule has 0 heterocycles. The van der Waals surface area contributed by atoms with Gasteiger partial charge in [-0.25, -0.2) is 0 Å². The Morgan fingerprint density at radius 3 is 2.29 bits per heavy atom. The maximum Gasteiger partial charge on any atom is 0.138 e. The Bertz CT molecular complexity index is 38.7. The van der Waals surface area contributed by atoms with Crippen LogP contribution in [0, 0.1) is 0 Å². The van der Waals surface area contributed by atoms with Crippen molar-refractivity contribution in [2.24, 2.45) is 0 Å². The summed E-state index contributed by atoms with van der Waals surface area (Å²) in [6.45, 7) is 2.12. The maximum absolute atomic E-state index is 5.74. The summed E-state index contributed by atoms with van der Waals surface area (Å²) in [4.78, 5) is 0. The van der Waals surface area contributed by atoms with Crippen molar-refractivity contribution in [2.75, 3.05) is 5.88 Å². The van der Waals surface area contributed by atoms with Gasteiger partial charge in [-0.1, -0.05) is 6.55 Å². The van der Waals surface area contributed by atoms with Crippen LogP contribution in [0.5, 0.6) is 0 Å². The Morgan fingerprint density at radius 2 is 2.14 bits per heavy atom. The minimum Gasteiger partial charge on any atom is -0.172 e. The van der Waals surface area contributed by atoms with Gasteiger partial charge in [-0.05, 0) is 12.5 Å². The second kappa shape index (κ2) is 4.94. The van der Waals surface area contributed by atoms with Crippen molar-refractivity contribution in [3.8, 4) is 0 Å². The summed E-state index contributed by atoms with van der Waals surface area (Å²) in [5, 5.41) is 0. The van der Waals surface area contributed by atoms with Crippen LogP contribution in [-0.2, 0) is 0 Å². The fraction of sp³-hybridized carbons (Fsp3) is 1.00. The van der Waals surface area contributed by atoms with E-state index in [1.165, 1.54) is 6.04 Å². The van der Waals surface area contributed by atoms with Crippen molar-refractivity contribution in [2.45, 2.75) is 19.0 Å². The zero-order valence-electron chi connectivity index (χ0n) is 4.45. The summed E-state index contributed by atoms with van der Waals surface area (Å²) in [5.74, 6) is 0.768. The second-order valence-electron chi connectivity index (χ2n) is 1.61. The highest BCUT2D eigenvalue weighted by Crippen LogP contribution is 2.01. The summed E-state index contributed by atoms with van der Waals surface area (Å²) in [6, 6.07) is 1.17. The predicted octanol–water partition coefficient (Wildman–Crippen LogP) is 2.21. The number of halogens is 2. The second-order valence-corrected chi connectivity index (χ2v) is 6.36. The van der Waals surface area contributed by atoms with Gasteiger partial charge in [0.25, 0.3) is 0 Å². The van der Waals surface area contributed by atoms with E-state index in [1.807, 2.05) is 0 Å². The predicted molar refractivity (Wildman–Crippen MR) is 39.0 cm³/mol. The molecule has 7 heavy (non-hydrogen) atoms. The Hall–Kier alpha value is 0.797. The summed E-state index contributed by atoms with van der Waals surface area (Å²) in [7, 11) is -0.800. The van der Waals surface area contributed by atoms with E-state index < -0.39 is 8.11 Å². The van der Waals surface area contributed by atoms with E-state index in [4.69, 9.17) is 22.7 Å². The molecule has 1 unspecified atom stereocenters. The van der Waals surface area contributed by atoms with Crippen LogP contribution in [-0.4, -0.2) is 14.0 Å². The Labute approximate surface area is 56.1 Å². The Morgan fingerprint density at radius 1 is 1.57 bits per heavy atom. The molecule has 0 saturated carbocycles. The molecule has 0 aromatic carbocycles. The zero-order chi connectivity index (χ0) is 5.70. The normalized spacial score (nSPS) is 14.1. The average molecular weight is 157 g/mol. The minimum atomic E-state index is -0.800. The van der Waals surface area contributed by atoms with Gasteiger partial charge in [0.05, 0.1) is 0 Å². The molecular weight excluding hydrogens is 147 g/mol. The van der Waals surface area contributed by atoms with E-state index >= 15 is 0 Å². The van der Waals surface area contributed by atoms with Gasteiger partial charge in [-0.2, -0.15) is 11.1 Å². The van der Waals surface area contributed by atoms with Gasteiger partial charge in [0.1, 0.15) is 8.11 Å². The fourth-order valence-corrected chi connectivity index (χ4v) is 2.00. The van der Waals surface area contributed by atoms with Crippen molar-refractivity contribution < 1.29 is 0 Å². The molecule has 0 aliphatic rings. The zero-order valence-corrected chi connectivity index (χ0v) is 7.12. The van der Waals surface area contributed by atoms with Gasteiger partial charge in [0, 0.05) is 5.88 Å². The molecule has 0 aliphatic heterocycles. The standard InChI is InChI=1S/C4H10Cl2Si/c1-7(6)4-2-3-5/h7H,2-4H2,1H3. The molecule has 0 radical (unpaired) electrons. The first-order valence-electron chi connectivity index (χ1n) is 2.47. The molecule has 0 rings (SSSR count). The first-order valence-corrected chi connectivity index (χ1v) is 6.72. The quantitative estimate of drug-likeness (QED) is 0.334. The number of hydrogen-bond donors (Lipinski definition) is 0. The lowest BCUT2D eigenvalue weighted by Gasteiger charge is -1.93. The van der Waals surface area contributed by atoms with Crippen LogP contribution >= 0.6 is 22.7 Å². The van der Waals surface area contributed by atoms with Gasteiger partial charge in [-0.3, -0.25) is 0 Å². The third kappa shape index (κ3) is 6.80. The van der Waals surface area contributed by atoms with E-state index in [0.717, 1.165) is 12.3 Å². The third-order valence-corrected chi connectivity index (χ3v) is 2.86. The Balaban J connectivity index is 2.68. The van der Waals surface area contributed by atoms with Crippen molar-refractivity contribution in [3.05, 3.63) is 0 Å². The van der Waals surface area contributed by atoms with Crippen molar-refractivity contribution in [1.82, 2.24) is 0 Å². The molecule has 0 N–H and O–H groups in total. The van der Waals surface area contributed by atoms with Gasteiger partial charge < -0.3 is 0 Å². The molecular formula is C4H10Cl2Si. The van der Waals surface area contributed by atoms with E-state index in [-0.39, 0.29) is 0 Å². The van der Waals surface area contributed by atoms with Crippen LogP contribution < -0.4 is 0 Å². The van der Waals surface area contributed by atoms with Crippen LogP contribution in [0.3, 0.4) is 0 Å². The Kier molecular flexibility index (Phi) is 5.51. The molecule has 0 amide bonds. The van der Waals surface area contributed by atoms with E-state index in [1.54, 1.807) is 0 Å². The van der Waals surface area contributed by atoms with E-state index in [0.29, 0.717) is 0 Å². The lowest BCUT2D eigenvalue weighted by atomic mass is 10.6. The molecule has 0 spiro atoms. The molecule has 0 fully saturated rings. The fourth-order valence-electron chi connectivity index (χ4n) is 0.358. The maximum atomic E-state index is 5.74. The van der Waals surface area contributed by atoms with Crippen molar-refractivity contribution in [3.63, 3.8) is 0 Å². The summed E-state index contributed by atoms with van der Waals surface area (Å²) >= 11 is 11.1. The topological polar surface area (TPSA) is 0 Å². The molecule has 0 nitrogen and oxygen atoms in total. The largest absolute Gasteiger partial charge is 0.172 e. The number of rotatable bonds is 3. The third-order valence-electron chi connectivity index (χ3n) is 0.736. The van der Waals surface area contributed by atoms with Crippen LogP contribution in [0.4, 0.5) is 0 Å². The summed E-state index contributed by atoms with van der Waals surface area (Å²) < 4.78 is 0. The van der Waals surface area contributed by atoms with Crippen molar-refractivity contribution in [1.29, 1.82) is 0 Å². The van der Waals surface area contributed by atoms with E-state index in [9.17, 15) is 0 Å². The minimum absolute atomic E-state index is 0.768.